The number of rotatable bonds is 5. The van der Waals surface area contributed by atoms with Gasteiger partial charge in [-0.3, -0.25) is 4.79 Å². The minimum Gasteiger partial charge on any atom is -0.465 e. The van der Waals surface area contributed by atoms with Crippen LogP contribution in [0.5, 0.6) is 0 Å². The molecule has 1 fully saturated rings. The monoisotopic (exact) mass is 249 g/mol. The fraction of sp³-hybridized carbons (Fsp3) is 0.900. The van der Waals surface area contributed by atoms with Crippen LogP contribution in [0.25, 0.3) is 0 Å². The summed E-state index contributed by atoms with van der Waals surface area (Å²) in [5, 5.41) is -0.337. The Morgan fingerprint density at radius 3 is 2.50 bits per heavy atom. The first-order valence-electron chi connectivity index (χ1n) is 5.70. The molecule has 1 saturated carbocycles. The van der Waals surface area contributed by atoms with Crippen LogP contribution in [0.3, 0.4) is 0 Å². The van der Waals surface area contributed by atoms with E-state index in [1.54, 1.807) is 6.92 Å². The van der Waals surface area contributed by atoms with Gasteiger partial charge in [0.15, 0.2) is 0 Å². The van der Waals surface area contributed by atoms with Gasteiger partial charge in [0, 0.05) is 0 Å². The maximum Gasteiger partial charge on any atom is 0.320 e. The number of esters is 1. The van der Waals surface area contributed by atoms with E-state index in [9.17, 15) is 13.2 Å². The van der Waals surface area contributed by atoms with E-state index in [4.69, 9.17) is 0 Å². The Balaban J connectivity index is 2.41. The molecule has 1 N–H and O–H groups in total. The Morgan fingerprint density at radius 1 is 1.31 bits per heavy atom. The third-order valence-corrected chi connectivity index (χ3v) is 4.61. The lowest BCUT2D eigenvalue weighted by Crippen LogP contribution is -2.38. The first-order valence-corrected chi connectivity index (χ1v) is 7.25. The molecule has 0 aromatic heterocycles. The Morgan fingerprint density at radius 2 is 1.94 bits per heavy atom. The summed E-state index contributed by atoms with van der Waals surface area (Å²) < 4.78 is 30.5. The van der Waals surface area contributed by atoms with Crippen molar-refractivity contribution in [3.63, 3.8) is 0 Å². The molecule has 94 valence electrons. The molecule has 0 bridgehead atoms. The second-order valence-corrected chi connectivity index (χ2v) is 5.98. The van der Waals surface area contributed by atoms with E-state index in [-0.39, 0.29) is 18.4 Å². The van der Waals surface area contributed by atoms with Crippen molar-refractivity contribution in [2.24, 2.45) is 0 Å². The summed E-state index contributed by atoms with van der Waals surface area (Å²) in [7, 11) is -3.35. The fourth-order valence-corrected chi connectivity index (χ4v) is 3.37. The van der Waals surface area contributed by atoms with Gasteiger partial charge in [0.1, 0.15) is 6.54 Å². The zero-order chi connectivity index (χ0) is 12.0. The van der Waals surface area contributed by atoms with Crippen LogP contribution in [0.1, 0.15) is 39.0 Å². The van der Waals surface area contributed by atoms with Crippen molar-refractivity contribution in [1.82, 2.24) is 4.72 Å². The summed E-state index contributed by atoms with van der Waals surface area (Å²) in [4.78, 5) is 11.0. The van der Waals surface area contributed by atoms with E-state index in [0.29, 0.717) is 12.8 Å². The van der Waals surface area contributed by atoms with Crippen molar-refractivity contribution in [3.8, 4) is 0 Å². The van der Waals surface area contributed by atoms with E-state index >= 15 is 0 Å². The summed E-state index contributed by atoms with van der Waals surface area (Å²) in [5.41, 5.74) is 0. The number of carbonyl (C=O) groups excluding carboxylic acids is 1. The van der Waals surface area contributed by atoms with E-state index in [1.165, 1.54) is 0 Å². The third-order valence-electron chi connectivity index (χ3n) is 2.71. The molecule has 0 aromatic carbocycles. The van der Waals surface area contributed by atoms with Gasteiger partial charge in [-0.2, -0.15) is 0 Å². The van der Waals surface area contributed by atoms with Crippen molar-refractivity contribution in [3.05, 3.63) is 0 Å². The van der Waals surface area contributed by atoms with Gasteiger partial charge < -0.3 is 4.74 Å². The van der Waals surface area contributed by atoms with Gasteiger partial charge in [0.25, 0.3) is 0 Å². The second kappa shape index (κ2) is 6.20. The number of ether oxygens (including phenoxy) is 1. The molecule has 0 aliphatic heterocycles. The quantitative estimate of drug-likeness (QED) is 0.732. The van der Waals surface area contributed by atoms with Crippen LogP contribution < -0.4 is 4.72 Å². The van der Waals surface area contributed by atoms with Crippen molar-refractivity contribution in [2.75, 3.05) is 13.2 Å². The maximum absolute atomic E-state index is 11.8. The molecule has 0 spiro atoms. The summed E-state index contributed by atoms with van der Waals surface area (Å²) in [6.45, 7) is 1.70. The highest BCUT2D eigenvalue weighted by Gasteiger charge is 2.27. The lowest BCUT2D eigenvalue weighted by molar-refractivity contribution is -0.141. The highest BCUT2D eigenvalue weighted by atomic mass is 32.2. The van der Waals surface area contributed by atoms with Gasteiger partial charge in [0.05, 0.1) is 11.9 Å². The van der Waals surface area contributed by atoms with Crippen LogP contribution in [0.4, 0.5) is 0 Å². The van der Waals surface area contributed by atoms with Crippen LogP contribution in [0.15, 0.2) is 0 Å². The van der Waals surface area contributed by atoms with Crippen LogP contribution in [-0.4, -0.2) is 32.8 Å². The standard InChI is InChI=1S/C10H19NO4S/c1-2-15-10(12)8-11-16(13,14)9-6-4-3-5-7-9/h9,11H,2-8H2,1H3. The largest absolute Gasteiger partial charge is 0.465 e. The Hall–Kier alpha value is -0.620. The highest BCUT2D eigenvalue weighted by Crippen LogP contribution is 2.22. The molecule has 0 amide bonds. The SMILES string of the molecule is CCOC(=O)CNS(=O)(=O)C1CCCCC1. The number of hydrogen-bond donors (Lipinski definition) is 1. The molecular formula is C10H19NO4S. The predicted molar refractivity (Wildman–Crippen MR) is 60.4 cm³/mol. The molecule has 5 nitrogen and oxygen atoms in total. The summed E-state index contributed by atoms with van der Waals surface area (Å²) in [5.74, 6) is -0.526. The van der Waals surface area contributed by atoms with E-state index in [1.807, 2.05) is 0 Å². The minimum atomic E-state index is -3.35. The van der Waals surface area contributed by atoms with Gasteiger partial charge in [-0.1, -0.05) is 19.3 Å². The van der Waals surface area contributed by atoms with Gasteiger partial charge in [0.2, 0.25) is 10.0 Å². The predicted octanol–water partition coefficient (Wildman–Crippen LogP) is 0.802. The molecule has 0 saturated heterocycles. The average molecular weight is 249 g/mol. The van der Waals surface area contributed by atoms with E-state index < -0.39 is 16.0 Å². The smallest absolute Gasteiger partial charge is 0.320 e. The molecule has 6 heteroatoms. The molecule has 1 rings (SSSR count). The van der Waals surface area contributed by atoms with E-state index in [2.05, 4.69) is 9.46 Å². The van der Waals surface area contributed by atoms with Crippen molar-refractivity contribution >= 4 is 16.0 Å². The number of hydrogen-bond acceptors (Lipinski definition) is 4. The zero-order valence-corrected chi connectivity index (χ0v) is 10.4. The van der Waals surface area contributed by atoms with Crippen molar-refractivity contribution in [2.45, 2.75) is 44.3 Å². The first-order chi connectivity index (χ1) is 7.56. The Bertz CT molecular complexity index is 320. The second-order valence-electron chi connectivity index (χ2n) is 3.93. The lowest BCUT2D eigenvalue weighted by atomic mass is 10.0. The molecule has 0 unspecified atom stereocenters. The molecular weight excluding hydrogens is 230 g/mol. The van der Waals surface area contributed by atoms with Crippen LogP contribution in [0, 0.1) is 0 Å². The topological polar surface area (TPSA) is 72.5 Å². The first kappa shape index (κ1) is 13.4. The normalized spacial score (nSPS) is 18.3. The number of sulfonamides is 1. The highest BCUT2D eigenvalue weighted by molar-refractivity contribution is 7.90. The molecule has 0 aromatic rings. The van der Waals surface area contributed by atoms with Gasteiger partial charge in [-0.25, -0.2) is 13.1 Å². The van der Waals surface area contributed by atoms with Crippen LogP contribution >= 0.6 is 0 Å². The Kier molecular flexibility index (Phi) is 5.21. The van der Waals surface area contributed by atoms with Crippen molar-refractivity contribution in [1.29, 1.82) is 0 Å². The van der Waals surface area contributed by atoms with Gasteiger partial charge >= 0.3 is 5.97 Å². The molecule has 1 aliphatic carbocycles. The minimum absolute atomic E-state index is 0.257. The molecule has 0 radical (unpaired) electrons. The lowest BCUT2D eigenvalue weighted by Gasteiger charge is -2.21. The van der Waals surface area contributed by atoms with Crippen LogP contribution in [0.2, 0.25) is 0 Å². The fourth-order valence-electron chi connectivity index (χ4n) is 1.86. The van der Waals surface area contributed by atoms with Crippen molar-refractivity contribution < 1.29 is 17.9 Å². The van der Waals surface area contributed by atoms with Crippen LogP contribution in [-0.2, 0) is 19.6 Å². The summed E-state index contributed by atoms with van der Waals surface area (Å²) >= 11 is 0. The molecule has 16 heavy (non-hydrogen) atoms. The van der Waals surface area contributed by atoms with Gasteiger partial charge in [-0.15, -0.1) is 0 Å². The summed E-state index contributed by atoms with van der Waals surface area (Å²) in [6.07, 6.45) is 4.39. The third kappa shape index (κ3) is 4.09. The van der Waals surface area contributed by atoms with Gasteiger partial charge in [-0.05, 0) is 19.8 Å². The number of nitrogens with one attached hydrogen (secondary N) is 1. The maximum atomic E-state index is 11.8. The van der Waals surface area contributed by atoms with E-state index in [0.717, 1.165) is 19.3 Å². The average Bonchev–Trinajstić information content (AvgIpc) is 2.28. The molecule has 0 heterocycles. The summed E-state index contributed by atoms with van der Waals surface area (Å²) in [6, 6.07) is 0. The zero-order valence-electron chi connectivity index (χ0n) is 9.57. The molecule has 0 atom stereocenters. The number of carbonyl (C=O) groups is 1. The molecule has 1 aliphatic rings. The Labute approximate surface area is 96.6 Å².